The van der Waals surface area contributed by atoms with Crippen molar-refractivity contribution in [2.75, 3.05) is 7.11 Å². The van der Waals surface area contributed by atoms with Crippen LogP contribution in [0.15, 0.2) is 29.2 Å². The number of carbonyl (C=O) groups is 1. The van der Waals surface area contributed by atoms with Gasteiger partial charge in [-0.25, -0.2) is 0 Å². The Labute approximate surface area is 114 Å². The second-order valence-electron chi connectivity index (χ2n) is 3.70. The van der Waals surface area contributed by atoms with E-state index in [1.54, 1.807) is 28.2 Å². The zero-order valence-electron chi connectivity index (χ0n) is 9.96. The summed E-state index contributed by atoms with van der Waals surface area (Å²) in [7, 11) is 1.41. The lowest BCUT2D eigenvalue weighted by atomic mass is 10.1. The number of nitrogens with one attached hydrogen (secondary N) is 1. The highest BCUT2D eigenvalue weighted by molar-refractivity contribution is 7.10. The number of nitrogens with zero attached hydrogens (tertiary/aromatic N) is 1. The summed E-state index contributed by atoms with van der Waals surface area (Å²) in [5.74, 6) is -0.204. The van der Waals surface area contributed by atoms with Crippen molar-refractivity contribution in [3.8, 4) is 0 Å². The van der Waals surface area contributed by atoms with E-state index in [0.29, 0.717) is 13.0 Å². The molecule has 2 aromatic heterocycles. The minimum atomic E-state index is -0.204. The van der Waals surface area contributed by atoms with Crippen LogP contribution in [0.2, 0.25) is 0 Å². The van der Waals surface area contributed by atoms with E-state index in [2.05, 4.69) is 10.3 Å². The number of rotatable bonds is 6. The van der Waals surface area contributed by atoms with Crippen LogP contribution in [0.1, 0.15) is 22.2 Å². The number of aromatic nitrogens is 1. The van der Waals surface area contributed by atoms with Gasteiger partial charge >= 0.3 is 5.97 Å². The van der Waals surface area contributed by atoms with Crippen LogP contribution in [0, 0.1) is 0 Å². The molecule has 0 spiro atoms. The summed E-state index contributed by atoms with van der Waals surface area (Å²) in [5, 5.41) is 5.38. The van der Waals surface area contributed by atoms with Gasteiger partial charge in [-0.1, -0.05) is 6.07 Å². The van der Waals surface area contributed by atoms with E-state index in [-0.39, 0.29) is 12.0 Å². The Morgan fingerprint density at radius 3 is 3.06 bits per heavy atom. The molecule has 2 rings (SSSR count). The normalized spacial score (nSPS) is 12.3. The molecule has 2 aromatic rings. The second-order valence-corrected chi connectivity index (χ2v) is 5.65. The summed E-state index contributed by atoms with van der Waals surface area (Å²) in [4.78, 5) is 17.7. The Morgan fingerprint density at radius 2 is 2.44 bits per heavy atom. The Bertz CT molecular complexity index is 468. The molecule has 2 heterocycles. The predicted molar refractivity (Wildman–Crippen MR) is 72.6 cm³/mol. The van der Waals surface area contributed by atoms with E-state index in [4.69, 9.17) is 4.74 Å². The van der Waals surface area contributed by atoms with Gasteiger partial charge in [0.1, 0.15) is 0 Å². The van der Waals surface area contributed by atoms with Gasteiger partial charge in [0, 0.05) is 22.5 Å². The highest BCUT2D eigenvalue weighted by Crippen LogP contribution is 2.23. The summed E-state index contributed by atoms with van der Waals surface area (Å²) in [6.45, 7) is 0.713. The molecule has 0 amide bonds. The van der Waals surface area contributed by atoms with Crippen molar-refractivity contribution < 1.29 is 9.53 Å². The lowest BCUT2D eigenvalue weighted by molar-refractivity contribution is -0.141. The van der Waals surface area contributed by atoms with Gasteiger partial charge in [-0.05, 0) is 11.4 Å². The number of thiophene rings is 1. The topological polar surface area (TPSA) is 51.2 Å². The molecule has 6 heteroatoms. The lowest BCUT2D eigenvalue weighted by Gasteiger charge is -2.15. The SMILES string of the molecule is COC(=O)CC(NCc1cncs1)c1cccs1. The van der Waals surface area contributed by atoms with Gasteiger partial charge in [-0.2, -0.15) is 0 Å². The van der Waals surface area contributed by atoms with E-state index in [9.17, 15) is 4.79 Å². The van der Waals surface area contributed by atoms with Gasteiger partial charge in [0.25, 0.3) is 0 Å². The van der Waals surface area contributed by atoms with E-state index in [1.165, 1.54) is 7.11 Å². The molecule has 0 aliphatic carbocycles. The first-order chi connectivity index (χ1) is 8.79. The fourth-order valence-electron chi connectivity index (χ4n) is 1.57. The highest BCUT2D eigenvalue weighted by atomic mass is 32.1. The van der Waals surface area contributed by atoms with Crippen molar-refractivity contribution in [3.63, 3.8) is 0 Å². The minimum Gasteiger partial charge on any atom is -0.469 e. The summed E-state index contributed by atoms with van der Waals surface area (Å²) in [6, 6.07) is 4.01. The van der Waals surface area contributed by atoms with E-state index in [1.807, 2.05) is 23.7 Å². The Kier molecular flexibility index (Phi) is 4.86. The molecule has 1 unspecified atom stereocenters. The van der Waals surface area contributed by atoms with Gasteiger partial charge in [0.05, 0.1) is 25.1 Å². The Hall–Kier alpha value is -1.24. The van der Waals surface area contributed by atoms with Crippen molar-refractivity contribution in [1.82, 2.24) is 10.3 Å². The van der Waals surface area contributed by atoms with E-state index in [0.717, 1.165) is 9.75 Å². The van der Waals surface area contributed by atoms with Crippen molar-refractivity contribution in [2.24, 2.45) is 0 Å². The van der Waals surface area contributed by atoms with Crippen molar-refractivity contribution in [1.29, 1.82) is 0 Å². The minimum absolute atomic E-state index is 0.000417. The molecule has 0 saturated carbocycles. The van der Waals surface area contributed by atoms with Gasteiger partial charge in [0.15, 0.2) is 0 Å². The van der Waals surface area contributed by atoms with E-state index < -0.39 is 0 Å². The molecule has 4 nitrogen and oxygen atoms in total. The smallest absolute Gasteiger partial charge is 0.307 e. The van der Waals surface area contributed by atoms with Crippen LogP contribution < -0.4 is 5.32 Å². The van der Waals surface area contributed by atoms with Gasteiger partial charge in [-0.15, -0.1) is 22.7 Å². The number of ether oxygens (including phenoxy) is 1. The first-order valence-corrected chi connectivity index (χ1v) is 7.26. The summed E-state index contributed by atoms with van der Waals surface area (Å²) < 4.78 is 4.73. The third kappa shape index (κ3) is 3.63. The fourth-order valence-corrected chi connectivity index (χ4v) is 2.91. The van der Waals surface area contributed by atoms with Crippen LogP contribution in [0.5, 0.6) is 0 Å². The molecule has 0 aliphatic rings. The van der Waals surface area contributed by atoms with Crippen LogP contribution in [0.4, 0.5) is 0 Å². The van der Waals surface area contributed by atoms with Crippen molar-refractivity contribution in [3.05, 3.63) is 39.0 Å². The van der Waals surface area contributed by atoms with Gasteiger partial charge in [-0.3, -0.25) is 9.78 Å². The van der Waals surface area contributed by atoms with Crippen LogP contribution >= 0.6 is 22.7 Å². The second kappa shape index (κ2) is 6.63. The maximum absolute atomic E-state index is 11.4. The lowest BCUT2D eigenvalue weighted by Crippen LogP contribution is -2.23. The first kappa shape index (κ1) is 13.2. The molecule has 0 fully saturated rings. The molecule has 96 valence electrons. The fraction of sp³-hybridized carbons (Fsp3) is 0.333. The summed E-state index contributed by atoms with van der Waals surface area (Å²) >= 11 is 3.24. The zero-order valence-corrected chi connectivity index (χ0v) is 11.6. The Morgan fingerprint density at radius 1 is 1.56 bits per heavy atom. The largest absolute Gasteiger partial charge is 0.469 e. The van der Waals surface area contributed by atoms with Crippen LogP contribution in [-0.4, -0.2) is 18.1 Å². The van der Waals surface area contributed by atoms with Crippen molar-refractivity contribution in [2.45, 2.75) is 19.0 Å². The van der Waals surface area contributed by atoms with Crippen LogP contribution in [0.3, 0.4) is 0 Å². The first-order valence-electron chi connectivity index (χ1n) is 5.50. The van der Waals surface area contributed by atoms with Crippen LogP contribution in [-0.2, 0) is 16.1 Å². The number of thiazole rings is 1. The number of esters is 1. The van der Waals surface area contributed by atoms with Crippen molar-refractivity contribution >= 4 is 28.6 Å². The molecular weight excluding hydrogens is 268 g/mol. The molecular formula is C12H14N2O2S2. The monoisotopic (exact) mass is 282 g/mol. The molecule has 1 atom stereocenters. The number of carbonyl (C=O) groups excluding carboxylic acids is 1. The standard InChI is InChI=1S/C12H14N2O2S2/c1-16-12(15)5-10(11-3-2-4-17-11)14-7-9-6-13-8-18-9/h2-4,6,8,10,14H,5,7H2,1H3. The molecule has 1 N–H and O–H groups in total. The van der Waals surface area contributed by atoms with Gasteiger partial charge in [0.2, 0.25) is 0 Å². The molecule has 0 aliphatic heterocycles. The zero-order chi connectivity index (χ0) is 12.8. The van der Waals surface area contributed by atoms with Gasteiger partial charge < -0.3 is 10.1 Å². The third-order valence-electron chi connectivity index (χ3n) is 2.49. The molecule has 0 aromatic carbocycles. The average molecular weight is 282 g/mol. The molecule has 0 bridgehead atoms. The average Bonchev–Trinajstić information content (AvgIpc) is 3.06. The Balaban J connectivity index is 1.98. The maximum atomic E-state index is 11.4. The maximum Gasteiger partial charge on any atom is 0.307 e. The number of methoxy groups -OCH3 is 1. The van der Waals surface area contributed by atoms with E-state index >= 15 is 0 Å². The highest BCUT2D eigenvalue weighted by Gasteiger charge is 2.17. The molecule has 0 saturated heterocycles. The molecule has 0 radical (unpaired) electrons. The van der Waals surface area contributed by atoms with Crippen LogP contribution in [0.25, 0.3) is 0 Å². The predicted octanol–water partition coefficient (Wildman–Crippen LogP) is 2.60. The quantitative estimate of drug-likeness (QED) is 0.827. The third-order valence-corrected chi connectivity index (χ3v) is 4.26. The molecule has 18 heavy (non-hydrogen) atoms. The summed E-state index contributed by atoms with van der Waals surface area (Å²) in [5.41, 5.74) is 1.80. The number of hydrogen-bond donors (Lipinski definition) is 1. The number of hydrogen-bond acceptors (Lipinski definition) is 6. The summed E-state index contributed by atoms with van der Waals surface area (Å²) in [6.07, 6.45) is 2.18.